The lowest BCUT2D eigenvalue weighted by atomic mass is 10.2. The van der Waals surface area contributed by atoms with Gasteiger partial charge in [-0.3, -0.25) is 0 Å². The van der Waals surface area contributed by atoms with E-state index >= 15 is 0 Å². The molecule has 1 rings (SSSR count). The molecule has 11 heavy (non-hydrogen) atoms. The maximum Gasteiger partial charge on any atom is 0.132 e. The van der Waals surface area contributed by atoms with Crippen molar-refractivity contribution in [3.05, 3.63) is 12.2 Å². The Morgan fingerprint density at radius 2 is 2.45 bits per heavy atom. The molecule has 0 bridgehead atoms. The van der Waals surface area contributed by atoms with Gasteiger partial charge in [-0.1, -0.05) is 0 Å². The van der Waals surface area contributed by atoms with Crippen LogP contribution in [0.1, 0.15) is 19.2 Å². The first kappa shape index (κ1) is 8.20. The van der Waals surface area contributed by atoms with Gasteiger partial charge in [0.25, 0.3) is 0 Å². The van der Waals surface area contributed by atoms with E-state index in [1.165, 1.54) is 0 Å². The third-order valence-electron chi connectivity index (χ3n) is 1.59. The Hall–Kier alpha value is -0.900. The Labute approximate surface area is 65.9 Å². The van der Waals surface area contributed by atoms with E-state index in [2.05, 4.69) is 10.2 Å². The fourth-order valence-corrected chi connectivity index (χ4v) is 0.871. The lowest BCUT2D eigenvalue weighted by molar-refractivity contribution is 0.184. The molecule has 0 aliphatic heterocycles. The zero-order valence-corrected chi connectivity index (χ0v) is 6.86. The van der Waals surface area contributed by atoms with Gasteiger partial charge < -0.3 is 9.67 Å². The minimum absolute atomic E-state index is 0.258. The second kappa shape index (κ2) is 3.48. The molecule has 0 saturated carbocycles. The van der Waals surface area contributed by atoms with Crippen molar-refractivity contribution in [2.24, 2.45) is 7.05 Å². The van der Waals surface area contributed by atoms with Crippen molar-refractivity contribution in [1.82, 2.24) is 14.8 Å². The molecule has 0 fully saturated rings. The summed E-state index contributed by atoms with van der Waals surface area (Å²) in [5, 5.41) is 16.6. The average Bonchev–Trinajstić information content (AvgIpc) is 2.31. The van der Waals surface area contributed by atoms with Crippen molar-refractivity contribution in [3.8, 4) is 0 Å². The van der Waals surface area contributed by atoms with Gasteiger partial charge in [-0.25, -0.2) is 0 Å². The number of aliphatic hydroxyl groups is 1. The van der Waals surface area contributed by atoms with Gasteiger partial charge in [-0.15, -0.1) is 10.2 Å². The Bertz CT molecular complexity index is 219. The van der Waals surface area contributed by atoms with Crippen LogP contribution in [0.2, 0.25) is 0 Å². The predicted octanol–water partition coefficient (Wildman–Crippen LogP) is 0.128. The summed E-state index contributed by atoms with van der Waals surface area (Å²) in [7, 11) is 1.90. The molecular weight excluding hydrogens is 142 g/mol. The third kappa shape index (κ3) is 2.31. The molecule has 4 nitrogen and oxygen atoms in total. The van der Waals surface area contributed by atoms with Gasteiger partial charge in [0.2, 0.25) is 0 Å². The maximum absolute atomic E-state index is 8.98. The van der Waals surface area contributed by atoms with Crippen LogP contribution in [0.3, 0.4) is 0 Å². The van der Waals surface area contributed by atoms with Crippen molar-refractivity contribution in [1.29, 1.82) is 0 Å². The zero-order valence-electron chi connectivity index (χ0n) is 6.86. The van der Waals surface area contributed by atoms with E-state index in [4.69, 9.17) is 5.11 Å². The molecule has 4 heteroatoms. The molecule has 0 aliphatic rings. The lowest BCUT2D eigenvalue weighted by Crippen LogP contribution is -2.05. The molecule has 0 amide bonds. The van der Waals surface area contributed by atoms with Crippen LogP contribution in [-0.2, 0) is 13.5 Å². The third-order valence-corrected chi connectivity index (χ3v) is 1.59. The van der Waals surface area contributed by atoms with Gasteiger partial charge in [0, 0.05) is 13.5 Å². The molecule has 0 saturated heterocycles. The van der Waals surface area contributed by atoms with Gasteiger partial charge in [0.15, 0.2) is 0 Å². The highest BCUT2D eigenvalue weighted by atomic mass is 16.3. The summed E-state index contributed by atoms with van der Waals surface area (Å²) in [4.78, 5) is 0. The molecule has 1 N–H and O–H groups in total. The van der Waals surface area contributed by atoms with Crippen molar-refractivity contribution in [3.63, 3.8) is 0 Å². The highest BCUT2D eigenvalue weighted by Crippen LogP contribution is 1.99. The first-order valence-corrected chi connectivity index (χ1v) is 3.71. The number of aromatic nitrogens is 3. The minimum atomic E-state index is -0.258. The number of nitrogens with zero attached hydrogens (tertiary/aromatic N) is 3. The molecule has 0 radical (unpaired) electrons. The topological polar surface area (TPSA) is 50.9 Å². The standard InChI is InChI=1S/C7H13N3O/c1-6(11)3-4-7-9-8-5-10(7)2/h5-6,11H,3-4H2,1-2H3. The van der Waals surface area contributed by atoms with Gasteiger partial charge in [0.1, 0.15) is 12.2 Å². The summed E-state index contributed by atoms with van der Waals surface area (Å²) in [6.45, 7) is 1.77. The molecule has 1 aromatic rings. The number of rotatable bonds is 3. The average molecular weight is 155 g/mol. The van der Waals surface area contributed by atoms with Crippen molar-refractivity contribution in [2.75, 3.05) is 0 Å². The summed E-state index contributed by atoms with van der Waals surface area (Å²) in [5.41, 5.74) is 0. The highest BCUT2D eigenvalue weighted by molar-refractivity contribution is 4.84. The summed E-state index contributed by atoms with van der Waals surface area (Å²) in [6.07, 6.45) is 2.93. The van der Waals surface area contributed by atoms with E-state index in [0.717, 1.165) is 18.7 Å². The molecule has 0 spiro atoms. The quantitative estimate of drug-likeness (QED) is 0.675. The van der Waals surface area contributed by atoms with E-state index in [9.17, 15) is 0 Å². The van der Waals surface area contributed by atoms with Crippen molar-refractivity contribution < 1.29 is 5.11 Å². The van der Waals surface area contributed by atoms with E-state index in [1.807, 2.05) is 11.6 Å². The van der Waals surface area contributed by atoms with E-state index < -0.39 is 0 Å². The second-order valence-corrected chi connectivity index (χ2v) is 2.75. The monoisotopic (exact) mass is 155 g/mol. The van der Waals surface area contributed by atoms with Crippen LogP contribution >= 0.6 is 0 Å². The van der Waals surface area contributed by atoms with Crippen molar-refractivity contribution >= 4 is 0 Å². The largest absolute Gasteiger partial charge is 0.393 e. The van der Waals surface area contributed by atoms with E-state index in [0.29, 0.717) is 0 Å². The number of aliphatic hydroxyl groups excluding tert-OH is 1. The van der Waals surface area contributed by atoms with Gasteiger partial charge in [-0.2, -0.15) is 0 Å². The Balaban J connectivity index is 2.44. The molecule has 62 valence electrons. The Morgan fingerprint density at radius 1 is 1.73 bits per heavy atom. The van der Waals surface area contributed by atoms with Crippen LogP contribution in [0.25, 0.3) is 0 Å². The molecular formula is C7H13N3O. The number of aryl methyl sites for hydroxylation is 2. The van der Waals surface area contributed by atoms with E-state index in [1.54, 1.807) is 13.3 Å². The summed E-state index contributed by atoms with van der Waals surface area (Å²) >= 11 is 0. The maximum atomic E-state index is 8.98. The van der Waals surface area contributed by atoms with Crippen LogP contribution in [0, 0.1) is 0 Å². The van der Waals surface area contributed by atoms with E-state index in [-0.39, 0.29) is 6.10 Å². The predicted molar refractivity (Wildman–Crippen MR) is 41.0 cm³/mol. The number of hydrogen-bond donors (Lipinski definition) is 1. The molecule has 0 aliphatic carbocycles. The minimum Gasteiger partial charge on any atom is -0.393 e. The normalized spacial score (nSPS) is 13.4. The fraction of sp³-hybridized carbons (Fsp3) is 0.714. The lowest BCUT2D eigenvalue weighted by Gasteiger charge is -2.02. The SMILES string of the molecule is CC(O)CCc1nncn1C. The fourth-order valence-electron chi connectivity index (χ4n) is 0.871. The molecule has 1 atom stereocenters. The first-order chi connectivity index (χ1) is 5.20. The van der Waals surface area contributed by atoms with Crippen LogP contribution in [0.4, 0.5) is 0 Å². The molecule has 0 aromatic carbocycles. The smallest absolute Gasteiger partial charge is 0.132 e. The summed E-state index contributed by atoms with van der Waals surface area (Å²) in [5.74, 6) is 0.922. The summed E-state index contributed by atoms with van der Waals surface area (Å²) in [6, 6.07) is 0. The van der Waals surface area contributed by atoms with Gasteiger partial charge in [0.05, 0.1) is 6.10 Å². The van der Waals surface area contributed by atoms with Crippen molar-refractivity contribution in [2.45, 2.75) is 25.9 Å². The zero-order chi connectivity index (χ0) is 8.27. The van der Waals surface area contributed by atoms with Crippen LogP contribution in [0.15, 0.2) is 6.33 Å². The molecule has 1 unspecified atom stereocenters. The Kier molecular flexibility index (Phi) is 2.59. The van der Waals surface area contributed by atoms with Crippen LogP contribution in [0.5, 0.6) is 0 Å². The van der Waals surface area contributed by atoms with Gasteiger partial charge >= 0.3 is 0 Å². The Morgan fingerprint density at radius 3 is 2.91 bits per heavy atom. The summed E-state index contributed by atoms with van der Waals surface area (Å²) < 4.78 is 1.86. The molecule has 1 aromatic heterocycles. The number of hydrogen-bond acceptors (Lipinski definition) is 3. The van der Waals surface area contributed by atoms with Crippen LogP contribution in [-0.4, -0.2) is 26.0 Å². The van der Waals surface area contributed by atoms with Crippen LogP contribution < -0.4 is 0 Å². The molecule has 1 heterocycles. The first-order valence-electron chi connectivity index (χ1n) is 3.71. The second-order valence-electron chi connectivity index (χ2n) is 2.75. The van der Waals surface area contributed by atoms with Gasteiger partial charge in [-0.05, 0) is 13.3 Å². The highest BCUT2D eigenvalue weighted by Gasteiger charge is 2.02.